The van der Waals surface area contributed by atoms with E-state index < -0.39 is 0 Å². The third-order valence-electron chi connectivity index (χ3n) is 8.82. The second-order valence-electron chi connectivity index (χ2n) is 11.7. The standard InChI is InChI=1S/C35H50O/c1-3-5-6-8-29-9-11-30(12-10-29)13-14-31-15-21-33(22-16-31)34-23-17-32(18-24-34)27-36-35-25-19-28(7-4-2)20-26-35/h15-17,19-23,25-26,29-30,32,34H,3-14,18,24,27H2,1-2H3. The van der Waals surface area contributed by atoms with Crippen molar-refractivity contribution in [2.24, 2.45) is 17.8 Å². The van der Waals surface area contributed by atoms with E-state index in [4.69, 9.17) is 4.74 Å². The molecule has 4 rings (SSSR count). The summed E-state index contributed by atoms with van der Waals surface area (Å²) in [6, 6.07) is 18.2. The fourth-order valence-electron chi connectivity index (χ4n) is 6.33. The molecule has 1 fully saturated rings. The average Bonchev–Trinajstić information content (AvgIpc) is 2.93. The third kappa shape index (κ3) is 8.53. The molecule has 36 heavy (non-hydrogen) atoms. The van der Waals surface area contributed by atoms with Gasteiger partial charge >= 0.3 is 0 Å². The highest BCUT2D eigenvalue weighted by Gasteiger charge is 2.21. The first-order chi connectivity index (χ1) is 17.7. The molecule has 0 N–H and O–H groups in total. The van der Waals surface area contributed by atoms with Crippen molar-refractivity contribution >= 4 is 0 Å². The van der Waals surface area contributed by atoms with Gasteiger partial charge in [-0.2, -0.15) is 0 Å². The Labute approximate surface area is 221 Å². The molecule has 1 saturated carbocycles. The summed E-state index contributed by atoms with van der Waals surface area (Å²) in [4.78, 5) is 0. The van der Waals surface area contributed by atoms with Gasteiger partial charge in [-0.3, -0.25) is 0 Å². The quantitative estimate of drug-likeness (QED) is 0.202. The molecule has 0 bridgehead atoms. The van der Waals surface area contributed by atoms with Gasteiger partial charge in [0, 0.05) is 11.8 Å². The van der Waals surface area contributed by atoms with E-state index in [1.165, 1.54) is 100 Å². The molecule has 0 aliphatic heterocycles. The second-order valence-corrected chi connectivity index (χ2v) is 11.7. The normalized spacial score (nSPS) is 24.1. The largest absolute Gasteiger partial charge is 0.493 e. The summed E-state index contributed by atoms with van der Waals surface area (Å²) in [7, 11) is 0. The van der Waals surface area contributed by atoms with E-state index in [0.29, 0.717) is 11.8 Å². The number of hydrogen-bond donors (Lipinski definition) is 0. The Hall–Kier alpha value is -2.02. The van der Waals surface area contributed by atoms with Crippen molar-refractivity contribution in [1.29, 1.82) is 0 Å². The Kier molecular flexibility index (Phi) is 11.0. The minimum Gasteiger partial charge on any atom is -0.493 e. The number of allylic oxidation sites excluding steroid dienone is 1. The molecule has 0 heterocycles. The molecule has 2 aromatic carbocycles. The molecular weight excluding hydrogens is 436 g/mol. The van der Waals surface area contributed by atoms with E-state index in [2.05, 4.69) is 74.5 Å². The van der Waals surface area contributed by atoms with Gasteiger partial charge in [-0.25, -0.2) is 0 Å². The first-order valence-corrected chi connectivity index (χ1v) is 15.2. The van der Waals surface area contributed by atoms with Crippen molar-refractivity contribution in [1.82, 2.24) is 0 Å². The first-order valence-electron chi connectivity index (χ1n) is 15.2. The van der Waals surface area contributed by atoms with Crippen LogP contribution in [0.3, 0.4) is 0 Å². The van der Waals surface area contributed by atoms with Crippen molar-refractivity contribution in [3.8, 4) is 5.75 Å². The summed E-state index contributed by atoms with van der Waals surface area (Å²) in [5, 5.41) is 0. The van der Waals surface area contributed by atoms with Crippen LogP contribution in [0.25, 0.3) is 0 Å². The molecule has 1 heteroatoms. The maximum Gasteiger partial charge on any atom is 0.119 e. The topological polar surface area (TPSA) is 9.23 Å². The molecule has 2 atom stereocenters. The van der Waals surface area contributed by atoms with E-state index in [-0.39, 0.29) is 0 Å². The molecule has 0 saturated heterocycles. The molecule has 2 aliphatic rings. The van der Waals surface area contributed by atoms with E-state index in [9.17, 15) is 0 Å². The highest BCUT2D eigenvalue weighted by atomic mass is 16.5. The van der Waals surface area contributed by atoms with Crippen LogP contribution in [0.2, 0.25) is 0 Å². The molecule has 1 nitrogen and oxygen atoms in total. The summed E-state index contributed by atoms with van der Waals surface area (Å²) >= 11 is 0. The number of aryl methyl sites for hydroxylation is 2. The number of hydrogen-bond acceptors (Lipinski definition) is 1. The summed E-state index contributed by atoms with van der Waals surface area (Å²) in [6.07, 6.45) is 23.9. The zero-order valence-corrected chi connectivity index (χ0v) is 23.1. The van der Waals surface area contributed by atoms with Crippen LogP contribution in [0.5, 0.6) is 5.75 Å². The van der Waals surface area contributed by atoms with E-state index in [1.54, 1.807) is 0 Å². The van der Waals surface area contributed by atoms with E-state index in [1.807, 2.05) is 0 Å². The lowest BCUT2D eigenvalue weighted by molar-refractivity contribution is 0.249. The zero-order valence-electron chi connectivity index (χ0n) is 23.1. The number of ether oxygens (including phenoxy) is 1. The van der Waals surface area contributed by atoms with Crippen molar-refractivity contribution in [3.05, 3.63) is 77.4 Å². The van der Waals surface area contributed by atoms with Crippen molar-refractivity contribution < 1.29 is 4.74 Å². The van der Waals surface area contributed by atoms with Crippen LogP contribution in [-0.2, 0) is 12.8 Å². The summed E-state index contributed by atoms with van der Waals surface area (Å²) < 4.78 is 6.09. The monoisotopic (exact) mass is 486 g/mol. The van der Waals surface area contributed by atoms with Crippen LogP contribution >= 0.6 is 0 Å². The second kappa shape index (κ2) is 14.7. The maximum atomic E-state index is 6.09. The average molecular weight is 487 g/mol. The summed E-state index contributed by atoms with van der Waals surface area (Å²) in [5.41, 5.74) is 4.41. The Morgan fingerprint density at radius 1 is 0.639 bits per heavy atom. The van der Waals surface area contributed by atoms with Gasteiger partial charge in [0.15, 0.2) is 0 Å². The summed E-state index contributed by atoms with van der Waals surface area (Å²) in [5.74, 6) is 4.07. The smallest absolute Gasteiger partial charge is 0.119 e. The van der Waals surface area contributed by atoms with Gasteiger partial charge in [0.1, 0.15) is 5.75 Å². The molecule has 2 aromatic rings. The van der Waals surface area contributed by atoms with Gasteiger partial charge in [-0.05, 0) is 72.8 Å². The molecule has 0 spiro atoms. The molecule has 0 aromatic heterocycles. The van der Waals surface area contributed by atoms with Crippen LogP contribution in [0, 0.1) is 17.8 Å². The van der Waals surface area contributed by atoms with Gasteiger partial charge in [0.2, 0.25) is 0 Å². The molecule has 0 amide bonds. The zero-order chi connectivity index (χ0) is 25.0. The Morgan fingerprint density at radius 3 is 1.94 bits per heavy atom. The molecular formula is C35H50O. The third-order valence-corrected chi connectivity index (χ3v) is 8.82. The maximum absolute atomic E-state index is 6.09. The predicted octanol–water partition coefficient (Wildman–Crippen LogP) is 10.1. The van der Waals surface area contributed by atoms with Crippen LogP contribution in [0.1, 0.15) is 114 Å². The lowest BCUT2D eigenvalue weighted by atomic mass is 9.77. The molecule has 196 valence electrons. The Morgan fingerprint density at radius 2 is 1.31 bits per heavy atom. The Bertz CT molecular complexity index is 885. The minimum absolute atomic E-state index is 0.526. The van der Waals surface area contributed by atoms with Crippen LogP contribution in [0.15, 0.2) is 60.7 Å². The van der Waals surface area contributed by atoms with Crippen molar-refractivity contribution in [2.45, 2.75) is 110 Å². The minimum atomic E-state index is 0.526. The number of rotatable bonds is 13. The molecule has 2 aliphatic carbocycles. The van der Waals surface area contributed by atoms with Crippen LogP contribution in [-0.4, -0.2) is 6.61 Å². The van der Waals surface area contributed by atoms with E-state index in [0.717, 1.165) is 30.6 Å². The molecule has 2 unspecified atom stereocenters. The fraction of sp³-hybridized carbons (Fsp3) is 0.600. The van der Waals surface area contributed by atoms with Crippen molar-refractivity contribution in [2.75, 3.05) is 6.61 Å². The summed E-state index contributed by atoms with van der Waals surface area (Å²) in [6.45, 7) is 5.33. The fourth-order valence-corrected chi connectivity index (χ4v) is 6.33. The highest BCUT2D eigenvalue weighted by molar-refractivity contribution is 5.30. The first kappa shape index (κ1) is 27.0. The molecule has 0 radical (unpaired) electrons. The van der Waals surface area contributed by atoms with Crippen LogP contribution in [0.4, 0.5) is 0 Å². The lowest BCUT2D eigenvalue weighted by Gasteiger charge is -2.28. The van der Waals surface area contributed by atoms with Gasteiger partial charge in [0.05, 0.1) is 6.61 Å². The van der Waals surface area contributed by atoms with Crippen LogP contribution < -0.4 is 4.74 Å². The van der Waals surface area contributed by atoms with Gasteiger partial charge < -0.3 is 4.74 Å². The number of benzene rings is 2. The van der Waals surface area contributed by atoms with Gasteiger partial charge in [-0.15, -0.1) is 0 Å². The Balaban J connectivity index is 1.15. The number of unbranched alkanes of at least 4 members (excludes halogenated alkanes) is 2. The predicted molar refractivity (Wildman–Crippen MR) is 155 cm³/mol. The SMILES string of the molecule is CCCCCC1CCC(CCc2ccc(C3C=CC(COc4ccc(CCC)cc4)CC3)cc2)CC1. The van der Waals surface area contributed by atoms with Gasteiger partial charge in [0.25, 0.3) is 0 Å². The van der Waals surface area contributed by atoms with Gasteiger partial charge in [-0.1, -0.05) is 120 Å². The highest BCUT2D eigenvalue weighted by Crippen LogP contribution is 2.35. The lowest BCUT2D eigenvalue weighted by Crippen LogP contribution is -2.15. The van der Waals surface area contributed by atoms with Crippen molar-refractivity contribution in [3.63, 3.8) is 0 Å². The van der Waals surface area contributed by atoms with E-state index >= 15 is 0 Å².